The molecule has 1 N–H and O–H groups in total. The summed E-state index contributed by atoms with van der Waals surface area (Å²) in [6.07, 6.45) is 8.31. The number of carbonyl (C=O) groups is 1. The van der Waals surface area contributed by atoms with Gasteiger partial charge in [0.15, 0.2) is 0 Å². The molecule has 1 fully saturated rings. The van der Waals surface area contributed by atoms with Crippen molar-refractivity contribution in [2.75, 3.05) is 0 Å². The average Bonchev–Trinajstić information content (AvgIpc) is 2.60. The van der Waals surface area contributed by atoms with Crippen molar-refractivity contribution in [1.29, 1.82) is 0 Å². The van der Waals surface area contributed by atoms with E-state index in [0.29, 0.717) is 18.3 Å². The van der Waals surface area contributed by atoms with E-state index < -0.39 is 5.97 Å². The van der Waals surface area contributed by atoms with E-state index in [9.17, 15) is 4.79 Å². The van der Waals surface area contributed by atoms with E-state index in [2.05, 4.69) is 12.2 Å². The highest BCUT2D eigenvalue weighted by Gasteiger charge is 2.35. The number of rotatable bonds is 3. The summed E-state index contributed by atoms with van der Waals surface area (Å²) in [6.45, 7) is 0. The monoisotopic (exact) mass is 166 g/mol. The van der Waals surface area contributed by atoms with Gasteiger partial charge in [0.05, 0.1) is 0 Å². The fraction of sp³-hybridized carbons (Fsp3) is 0.700. The summed E-state index contributed by atoms with van der Waals surface area (Å²) in [5.41, 5.74) is 0. The summed E-state index contributed by atoms with van der Waals surface area (Å²) in [5.74, 6) is 1.49. The van der Waals surface area contributed by atoms with Crippen LogP contribution in [-0.4, -0.2) is 11.1 Å². The second-order valence-electron chi connectivity index (χ2n) is 3.97. The molecule has 2 heteroatoms. The summed E-state index contributed by atoms with van der Waals surface area (Å²) in [7, 11) is 0. The lowest BCUT2D eigenvalue weighted by atomic mass is 9.89. The van der Waals surface area contributed by atoms with Gasteiger partial charge in [-0.3, -0.25) is 4.79 Å². The Morgan fingerprint density at radius 2 is 2.25 bits per heavy atom. The topological polar surface area (TPSA) is 37.3 Å². The Morgan fingerprint density at radius 1 is 1.42 bits per heavy atom. The van der Waals surface area contributed by atoms with Gasteiger partial charge in [-0.2, -0.15) is 0 Å². The lowest BCUT2D eigenvalue weighted by Gasteiger charge is -2.16. The van der Waals surface area contributed by atoms with E-state index in [1.54, 1.807) is 0 Å². The van der Waals surface area contributed by atoms with Crippen molar-refractivity contribution in [3.63, 3.8) is 0 Å². The summed E-state index contributed by atoms with van der Waals surface area (Å²) < 4.78 is 0. The molecule has 2 aliphatic carbocycles. The Bertz CT molecular complexity index is 220. The van der Waals surface area contributed by atoms with E-state index in [1.165, 1.54) is 12.8 Å². The smallest absolute Gasteiger partial charge is 0.303 e. The summed E-state index contributed by atoms with van der Waals surface area (Å²) in [5, 5.41) is 8.53. The number of carboxylic acid groups (broad SMARTS) is 1. The summed E-state index contributed by atoms with van der Waals surface area (Å²) >= 11 is 0. The third-order valence-electron chi connectivity index (χ3n) is 3.15. The number of hydrogen-bond donors (Lipinski definition) is 1. The van der Waals surface area contributed by atoms with Crippen LogP contribution in [0.3, 0.4) is 0 Å². The maximum atomic E-state index is 10.3. The van der Waals surface area contributed by atoms with Gasteiger partial charge in [-0.1, -0.05) is 12.2 Å². The molecule has 0 amide bonds. The zero-order valence-corrected chi connectivity index (χ0v) is 7.07. The summed E-state index contributed by atoms with van der Waals surface area (Å²) in [4.78, 5) is 10.3. The van der Waals surface area contributed by atoms with Gasteiger partial charge in [-0.05, 0) is 37.0 Å². The van der Waals surface area contributed by atoms with E-state index in [1.807, 2.05) is 0 Å². The number of allylic oxidation sites excluding steroid dienone is 2. The van der Waals surface area contributed by atoms with Crippen LogP contribution in [0.15, 0.2) is 12.2 Å². The molecule has 3 atom stereocenters. The third kappa shape index (κ3) is 1.38. The molecule has 0 aromatic carbocycles. The van der Waals surface area contributed by atoms with E-state index in [-0.39, 0.29) is 0 Å². The van der Waals surface area contributed by atoms with Crippen molar-refractivity contribution in [3.8, 4) is 0 Å². The van der Waals surface area contributed by atoms with Gasteiger partial charge < -0.3 is 5.11 Å². The van der Waals surface area contributed by atoms with Gasteiger partial charge in [-0.25, -0.2) is 0 Å². The van der Waals surface area contributed by atoms with Crippen LogP contribution in [0.5, 0.6) is 0 Å². The summed E-state index contributed by atoms with van der Waals surface area (Å²) in [6, 6.07) is 0. The molecule has 0 aromatic rings. The first-order chi connectivity index (χ1) is 5.75. The van der Waals surface area contributed by atoms with Crippen LogP contribution in [0.2, 0.25) is 0 Å². The van der Waals surface area contributed by atoms with Gasteiger partial charge in [0.25, 0.3) is 0 Å². The Kier molecular flexibility index (Phi) is 1.91. The van der Waals surface area contributed by atoms with Crippen LogP contribution in [-0.2, 0) is 4.79 Å². The molecule has 0 saturated heterocycles. The molecule has 2 rings (SSSR count). The molecule has 0 radical (unpaired) electrons. The Morgan fingerprint density at radius 3 is 2.75 bits per heavy atom. The van der Waals surface area contributed by atoms with E-state index >= 15 is 0 Å². The molecule has 2 nitrogen and oxygen atoms in total. The number of fused-ring (bicyclic) bond motifs is 2. The van der Waals surface area contributed by atoms with Crippen LogP contribution in [0.4, 0.5) is 0 Å². The second-order valence-corrected chi connectivity index (χ2v) is 3.97. The van der Waals surface area contributed by atoms with Crippen molar-refractivity contribution in [2.45, 2.75) is 25.7 Å². The average molecular weight is 166 g/mol. The van der Waals surface area contributed by atoms with Crippen molar-refractivity contribution in [2.24, 2.45) is 17.8 Å². The third-order valence-corrected chi connectivity index (χ3v) is 3.15. The molecule has 3 unspecified atom stereocenters. The van der Waals surface area contributed by atoms with Gasteiger partial charge >= 0.3 is 5.97 Å². The minimum atomic E-state index is -0.651. The first-order valence-electron chi connectivity index (χ1n) is 4.66. The molecule has 0 heterocycles. The zero-order valence-electron chi connectivity index (χ0n) is 7.07. The number of hydrogen-bond acceptors (Lipinski definition) is 1. The van der Waals surface area contributed by atoms with Crippen LogP contribution in [0.1, 0.15) is 25.7 Å². The fourth-order valence-corrected chi connectivity index (χ4v) is 2.54. The molecule has 0 spiro atoms. The van der Waals surface area contributed by atoms with Crippen molar-refractivity contribution in [3.05, 3.63) is 12.2 Å². The molecule has 0 aliphatic heterocycles. The van der Waals surface area contributed by atoms with Crippen LogP contribution >= 0.6 is 0 Å². The number of aliphatic carboxylic acids is 1. The van der Waals surface area contributed by atoms with Crippen LogP contribution in [0.25, 0.3) is 0 Å². The largest absolute Gasteiger partial charge is 0.481 e. The van der Waals surface area contributed by atoms with Crippen molar-refractivity contribution in [1.82, 2.24) is 0 Å². The second kappa shape index (κ2) is 2.92. The highest BCUT2D eigenvalue weighted by molar-refractivity contribution is 5.66. The minimum absolute atomic E-state index is 0.349. The first kappa shape index (κ1) is 7.84. The quantitative estimate of drug-likeness (QED) is 0.651. The first-order valence-corrected chi connectivity index (χ1v) is 4.66. The van der Waals surface area contributed by atoms with Gasteiger partial charge in [0.1, 0.15) is 0 Å². The molecular formula is C10H14O2. The molecule has 12 heavy (non-hydrogen) atoms. The molecule has 66 valence electrons. The van der Waals surface area contributed by atoms with Crippen LogP contribution < -0.4 is 0 Å². The number of carboxylic acids is 1. The Balaban J connectivity index is 1.83. The predicted molar refractivity (Wildman–Crippen MR) is 45.7 cm³/mol. The lowest BCUT2D eigenvalue weighted by Crippen LogP contribution is -2.09. The van der Waals surface area contributed by atoms with Gasteiger partial charge in [0, 0.05) is 6.42 Å². The lowest BCUT2D eigenvalue weighted by molar-refractivity contribution is -0.137. The molecule has 2 aliphatic rings. The highest BCUT2D eigenvalue weighted by Crippen LogP contribution is 2.45. The van der Waals surface area contributed by atoms with E-state index in [4.69, 9.17) is 5.11 Å². The Hall–Kier alpha value is -0.790. The zero-order chi connectivity index (χ0) is 8.55. The predicted octanol–water partition coefficient (Wildman–Crippen LogP) is 2.06. The SMILES string of the molecule is O=C(O)CCC1CC2C=CC1C2. The Labute approximate surface area is 72.3 Å². The maximum absolute atomic E-state index is 10.3. The molecule has 2 bridgehead atoms. The highest BCUT2D eigenvalue weighted by atomic mass is 16.4. The normalized spacial score (nSPS) is 37.5. The fourth-order valence-electron chi connectivity index (χ4n) is 2.54. The standard InChI is InChI=1S/C10H14O2/c11-10(12)4-3-9-6-7-1-2-8(9)5-7/h1-2,7-9H,3-6H2,(H,11,12). The maximum Gasteiger partial charge on any atom is 0.303 e. The molecule has 1 saturated carbocycles. The molecule has 0 aromatic heterocycles. The minimum Gasteiger partial charge on any atom is -0.481 e. The molecular weight excluding hydrogens is 152 g/mol. The van der Waals surface area contributed by atoms with Gasteiger partial charge in [-0.15, -0.1) is 0 Å². The van der Waals surface area contributed by atoms with Crippen molar-refractivity contribution >= 4 is 5.97 Å². The van der Waals surface area contributed by atoms with E-state index in [0.717, 1.165) is 12.3 Å². The van der Waals surface area contributed by atoms with Crippen molar-refractivity contribution < 1.29 is 9.90 Å². The van der Waals surface area contributed by atoms with Crippen LogP contribution in [0, 0.1) is 17.8 Å². The van der Waals surface area contributed by atoms with Gasteiger partial charge in [0.2, 0.25) is 0 Å².